The Hall–Kier alpha value is -0.990. The number of ether oxygens (including phenoxy) is 1. The van der Waals surface area contributed by atoms with Crippen molar-refractivity contribution in [2.75, 3.05) is 13.2 Å². The first-order valence-corrected chi connectivity index (χ1v) is 3.79. The minimum absolute atomic E-state index is 0.295. The van der Waals surface area contributed by atoms with Crippen LogP contribution in [0.3, 0.4) is 0 Å². The molecule has 0 aromatic heterocycles. The maximum absolute atomic E-state index is 11.0. The van der Waals surface area contributed by atoms with Gasteiger partial charge in [0.2, 0.25) is 0 Å². The van der Waals surface area contributed by atoms with Gasteiger partial charge in [-0.15, -0.1) is 0 Å². The van der Waals surface area contributed by atoms with Crippen LogP contribution in [-0.4, -0.2) is 30.1 Å². The van der Waals surface area contributed by atoms with Gasteiger partial charge in [-0.3, -0.25) is 0 Å². The van der Waals surface area contributed by atoms with Gasteiger partial charge in [-0.05, 0) is 13.8 Å². The van der Waals surface area contributed by atoms with E-state index >= 15 is 0 Å². The predicted molar refractivity (Wildman–Crippen MR) is 41.9 cm³/mol. The van der Waals surface area contributed by atoms with Crippen LogP contribution in [0.1, 0.15) is 13.8 Å². The van der Waals surface area contributed by atoms with Crippen LogP contribution in [0.25, 0.3) is 0 Å². The van der Waals surface area contributed by atoms with E-state index in [2.05, 4.69) is 6.58 Å². The minimum atomic E-state index is -0.295. The molecule has 0 N–H and O–H groups in total. The Kier molecular flexibility index (Phi) is 2.17. The quantitative estimate of drug-likeness (QED) is 0.342. The lowest BCUT2D eigenvalue weighted by molar-refractivity contribution is -0.139. The zero-order valence-corrected chi connectivity index (χ0v) is 6.96. The summed E-state index contributed by atoms with van der Waals surface area (Å²) < 4.78 is 4.77. The van der Waals surface area contributed by atoms with E-state index in [0.29, 0.717) is 18.3 Å². The van der Waals surface area contributed by atoms with Crippen molar-refractivity contribution in [1.29, 1.82) is 0 Å². The average Bonchev–Trinajstić information content (AvgIpc) is 2.66. The van der Waals surface area contributed by atoms with Crippen LogP contribution >= 0.6 is 0 Å². The van der Waals surface area contributed by atoms with E-state index in [-0.39, 0.29) is 5.97 Å². The van der Waals surface area contributed by atoms with Crippen molar-refractivity contribution in [3.05, 3.63) is 12.3 Å². The SMILES string of the molecule is C=C(C(=O)OCC)N1CC1C. The summed E-state index contributed by atoms with van der Waals surface area (Å²) in [6, 6.07) is 0.465. The van der Waals surface area contributed by atoms with Crippen molar-refractivity contribution < 1.29 is 9.53 Å². The van der Waals surface area contributed by atoms with Gasteiger partial charge in [0, 0.05) is 12.6 Å². The Balaban J connectivity index is 2.36. The molecule has 0 amide bonds. The van der Waals surface area contributed by atoms with Gasteiger partial charge in [-0.1, -0.05) is 6.58 Å². The first-order chi connectivity index (χ1) is 5.16. The van der Waals surface area contributed by atoms with Gasteiger partial charge in [0.1, 0.15) is 5.70 Å². The monoisotopic (exact) mass is 155 g/mol. The number of esters is 1. The zero-order chi connectivity index (χ0) is 8.43. The molecule has 0 radical (unpaired) electrons. The molecule has 11 heavy (non-hydrogen) atoms. The maximum atomic E-state index is 11.0. The lowest BCUT2D eigenvalue weighted by Gasteiger charge is -2.05. The molecular formula is C8H13NO2. The summed E-state index contributed by atoms with van der Waals surface area (Å²) in [4.78, 5) is 12.9. The molecule has 3 nitrogen and oxygen atoms in total. The Labute approximate surface area is 66.6 Å². The maximum Gasteiger partial charge on any atom is 0.353 e. The van der Waals surface area contributed by atoms with Crippen LogP contribution in [0.5, 0.6) is 0 Å². The number of nitrogens with zero attached hydrogens (tertiary/aromatic N) is 1. The first-order valence-electron chi connectivity index (χ1n) is 3.79. The minimum Gasteiger partial charge on any atom is -0.461 e. The topological polar surface area (TPSA) is 29.3 Å². The van der Waals surface area contributed by atoms with E-state index in [1.807, 2.05) is 11.8 Å². The van der Waals surface area contributed by atoms with Gasteiger partial charge in [0.05, 0.1) is 6.61 Å². The zero-order valence-electron chi connectivity index (χ0n) is 6.96. The molecular weight excluding hydrogens is 142 g/mol. The summed E-state index contributed by atoms with van der Waals surface area (Å²) in [5.41, 5.74) is 0.486. The van der Waals surface area contributed by atoms with Crippen molar-refractivity contribution in [3.8, 4) is 0 Å². The molecule has 0 saturated carbocycles. The molecule has 1 unspecified atom stereocenters. The summed E-state index contributed by atoms with van der Waals surface area (Å²) in [7, 11) is 0. The van der Waals surface area contributed by atoms with Crippen molar-refractivity contribution in [2.45, 2.75) is 19.9 Å². The van der Waals surface area contributed by atoms with Crippen molar-refractivity contribution >= 4 is 5.97 Å². The Morgan fingerprint density at radius 3 is 2.73 bits per heavy atom. The van der Waals surface area contributed by atoms with E-state index in [1.54, 1.807) is 6.92 Å². The van der Waals surface area contributed by atoms with E-state index in [9.17, 15) is 4.79 Å². The second-order valence-electron chi connectivity index (χ2n) is 2.67. The number of carbonyl (C=O) groups is 1. The molecule has 0 aromatic rings. The standard InChI is InChI=1S/C8H13NO2/c1-4-11-8(10)7(3)9-5-6(9)2/h6H,3-5H2,1-2H3. The predicted octanol–water partition coefficient (Wildman–Crippen LogP) is 0.767. The molecule has 1 atom stereocenters. The molecule has 1 aliphatic rings. The molecule has 1 rings (SSSR count). The number of hydrogen-bond acceptors (Lipinski definition) is 3. The van der Waals surface area contributed by atoms with Crippen molar-refractivity contribution in [1.82, 2.24) is 4.90 Å². The van der Waals surface area contributed by atoms with Crippen molar-refractivity contribution in [2.24, 2.45) is 0 Å². The van der Waals surface area contributed by atoms with Crippen molar-refractivity contribution in [3.63, 3.8) is 0 Å². The molecule has 0 bridgehead atoms. The Bertz CT molecular complexity index is 189. The van der Waals surface area contributed by atoms with E-state index in [4.69, 9.17) is 4.74 Å². The molecule has 1 aliphatic heterocycles. The third-order valence-corrected chi connectivity index (χ3v) is 1.72. The Morgan fingerprint density at radius 2 is 2.36 bits per heavy atom. The second-order valence-corrected chi connectivity index (χ2v) is 2.67. The fourth-order valence-electron chi connectivity index (χ4n) is 0.945. The fraction of sp³-hybridized carbons (Fsp3) is 0.625. The third kappa shape index (κ3) is 1.73. The van der Waals surface area contributed by atoms with E-state index in [0.717, 1.165) is 6.54 Å². The summed E-state index contributed by atoms with van der Waals surface area (Å²) >= 11 is 0. The van der Waals surface area contributed by atoms with Crippen LogP contribution in [0.4, 0.5) is 0 Å². The average molecular weight is 155 g/mol. The van der Waals surface area contributed by atoms with E-state index < -0.39 is 0 Å². The fourth-order valence-corrected chi connectivity index (χ4v) is 0.945. The molecule has 62 valence electrons. The molecule has 3 heteroatoms. The summed E-state index contributed by atoms with van der Waals surface area (Å²) in [6.07, 6.45) is 0. The van der Waals surface area contributed by atoms with Crippen LogP contribution in [0.2, 0.25) is 0 Å². The summed E-state index contributed by atoms with van der Waals surface area (Å²) in [5, 5.41) is 0. The van der Waals surface area contributed by atoms with Crippen LogP contribution in [0.15, 0.2) is 12.3 Å². The molecule has 1 heterocycles. The molecule has 0 aromatic carbocycles. The lowest BCUT2D eigenvalue weighted by Crippen LogP contribution is -2.13. The highest BCUT2D eigenvalue weighted by Crippen LogP contribution is 2.22. The highest BCUT2D eigenvalue weighted by atomic mass is 16.5. The van der Waals surface area contributed by atoms with Crippen LogP contribution in [0, 0.1) is 0 Å². The molecule has 1 fully saturated rings. The molecule has 0 spiro atoms. The largest absolute Gasteiger partial charge is 0.461 e. The smallest absolute Gasteiger partial charge is 0.353 e. The van der Waals surface area contributed by atoms with Gasteiger partial charge < -0.3 is 9.64 Å². The second kappa shape index (κ2) is 2.95. The number of carbonyl (C=O) groups excluding carboxylic acids is 1. The number of hydrogen-bond donors (Lipinski definition) is 0. The lowest BCUT2D eigenvalue weighted by atomic mass is 10.5. The summed E-state index contributed by atoms with van der Waals surface area (Å²) in [6.45, 7) is 8.82. The highest BCUT2D eigenvalue weighted by Gasteiger charge is 2.33. The third-order valence-electron chi connectivity index (χ3n) is 1.72. The van der Waals surface area contributed by atoms with Crippen LogP contribution in [-0.2, 0) is 9.53 Å². The summed E-state index contributed by atoms with van der Waals surface area (Å²) in [5.74, 6) is -0.295. The van der Waals surface area contributed by atoms with Gasteiger partial charge in [-0.2, -0.15) is 0 Å². The van der Waals surface area contributed by atoms with Gasteiger partial charge in [0.25, 0.3) is 0 Å². The van der Waals surface area contributed by atoms with Gasteiger partial charge in [-0.25, -0.2) is 4.79 Å². The van der Waals surface area contributed by atoms with Crippen LogP contribution < -0.4 is 0 Å². The molecule has 1 saturated heterocycles. The highest BCUT2D eigenvalue weighted by molar-refractivity contribution is 5.87. The molecule has 0 aliphatic carbocycles. The first kappa shape index (κ1) is 8.11. The van der Waals surface area contributed by atoms with Gasteiger partial charge in [0.15, 0.2) is 0 Å². The normalized spacial score (nSPS) is 21.3. The van der Waals surface area contributed by atoms with E-state index in [1.165, 1.54) is 0 Å². The van der Waals surface area contributed by atoms with Gasteiger partial charge >= 0.3 is 5.97 Å². The Morgan fingerprint density at radius 1 is 1.82 bits per heavy atom. The number of rotatable bonds is 3.